The van der Waals surface area contributed by atoms with Gasteiger partial charge in [0.05, 0.1) is 6.10 Å². The molecule has 0 aliphatic carbocycles. The highest BCUT2D eigenvalue weighted by atomic mass is 16.3. The van der Waals surface area contributed by atoms with Gasteiger partial charge in [-0.1, -0.05) is 13.3 Å². The number of aliphatic hydroxyl groups excluding tert-OH is 1. The van der Waals surface area contributed by atoms with Crippen LogP contribution in [0.15, 0.2) is 0 Å². The van der Waals surface area contributed by atoms with Crippen LogP contribution in [0.5, 0.6) is 0 Å². The number of hydrogen-bond donors (Lipinski definition) is 2. The maximum Gasteiger partial charge on any atom is 0.0679 e. The van der Waals surface area contributed by atoms with Crippen molar-refractivity contribution in [1.82, 2.24) is 10.2 Å². The Morgan fingerprint density at radius 3 is 2.85 bits per heavy atom. The molecular formula is C10H22N2O. The third-order valence-electron chi connectivity index (χ3n) is 2.77. The second-order valence-corrected chi connectivity index (χ2v) is 3.98. The lowest BCUT2D eigenvalue weighted by Crippen LogP contribution is -2.38. The maximum absolute atomic E-state index is 9.35. The van der Waals surface area contributed by atoms with Gasteiger partial charge in [0, 0.05) is 25.7 Å². The van der Waals surface area contributed by atoms with E-state index in [1.165, 1.54) is 12.8 Å². The first-order valence-electron chi connectivity index (χ1n) is 5.34. The second kappa shape index (κ2) is 5.58. The van der Waals surface area contributed by atoms with Gasteiger partial charge in [0.15, 0.2) is 0 Å². The van der Waals surface area contributed by atoms with Gasteiger partial charge in [0.1, 0.15) is 0 Å². The molecule has 1 saturated heterocycles. The van der Waals surface area contributed by atoms with Gasteiger partial charge in [-0.05, 0) is 19.9 Å². The molecule has 1 aliphatic heterocycles. The highest BCUT2D eigenvalue weighted by Crippen LogP contribution is 2.10. The summed E-state index contributed by atoms with van der Waals surface area (Å²) in [7, 11) is 2.02. The molecule has 13 heavy (non-hydrogen) atoms. The molecule has 78 valence electrons. The molecule has 0 amide bonds. The number of nitrogens with zero attached hydrogens (tertiary/aromatic N) is 1. The molecule has 0 aromatic carbocycles. The molecule has 2 atom stereocenters. The van der Waals surface area contributed by atoms with Gasteiger partial charge in [0.25, 0.3) is 0 Å². The van der Waals surface area contributed by atoms with E-state index in [1.807, 2.05) is 7.05 Å². The molecule has 0 aromatic heterocycles. The lowest BCUT2D eigenvalue weighted by Gasteiger charge is -2.22. The minimum Gasteiger partial charge on any atom is -0.392 e. The first-order valence-corrected chi connectivity index (χ1v) is 5.34. The normalized spacial score (nSPS) is 26.5. The van der Waals surface area contributed by atoms with Crippen LogP contribution in [-0.4, -0.2) is 48.8 Å². The van der Waals surface area contributed by atoms with Crippen molar-refractivity contribution in [2.75, 3.05) is 26.7 Å². The first-order chi connectivity index (χ1) is 6.26. The Morgan fingerprint density at radius 2 is 2.38 bits per heavy atom. The molecule has 1 heterocycles. The minimum atomic E-state index is -0.0841. The topological polar surface area (TPSA) is 35.5 Å². The van der Waals surface area contributed by atoms with Crippen molar-refractivity contribution in [2.24, 2.45) is 0 Å². The molecular weight excluding hydrogens is 164 g/mol. The van der Waals surface area contributed by atoms with Crippen LogP contribution in [-0.2, 0) is 0 Å². The van der Waals surface area contributed by atoms with Gasteiger partial charge in [-0.3, -0.25) is 4.90 Å². The molecule has 0 bridgehead atoms. The van der Waals surface area contributed by atoms with Crippen molar-refractivity contribution in [2.45, 2.75) is 38.3 Å². The van der Waals surface area contributed by atoms with Gasteiger partial charge in [-0.25, -0.2) is 0 Å². The maximum atomic E-state index is 9.35. The van der Waals surface area contributed by atoms with Gasteiger partial charge in [-0.15, -0.1) is 0 Å². The predicted molar refractivity (Wildman–Crippen MR) is 54.8 cm³/mol. The van der Waals surface area contributed by atoms with Crippen molar-refractivity contribution in [3.8, 4) is 0 Å². The van der Waals surface area contributed by atoms with Gasteiger partial charge in [-0.2, -0.15) is 0 Å². The predicted octanol–water partition coefficient (Wildman–Crippen LogP) is 0.441. The van der Waals surface area contributed by atoms with Crippen molar-refractivity contribution in [3.63, 3.8) is 0 Å². The first kappa shape index (κ1) is 11.0. The van der Waals surface area contributed by atoms with Crippen molar-refractivity contribution in [1.29, 1.82) is 0 Å². The third-order valence-corrected chi connectivity index (χ3v) is 2.77. The molecule has 3 nitrogen and oxygen atoms in total. The van der Waals surface area contributed by atoms with Crippen LogP contribution in [0, 0.1) is 0 Å². The van der Waals surface area contributed by atoms with Crippen molar-refractivity contribution >= 4 is 0 Å². The highest BCUT2D eigenvalue weighted by molar-refractivity contribution is 4.78. The SMILES string of the molecule is CCC[C@@H](CN1CC[C@H](O)C1)NC. The quantitative estimate of drug-likeness (QED) is 0.654. The van der Waals surface area contributed by atoms with Crippen molar-refractivity contribution in [3.05, 3.63) is 0 Å². The van der Waals surface area contributed by atoms with E-state index in [0.29, 0.717) is 6.04 Å². The molecule has 0 spiro atoms. The minimum absolute atomic E-state index is 0.0841. The van der Waals surface area contributed by atoms with E-state index in [9.17, 15) is 5.11 Å². The number of likely N-dealkylation sites (tertiary alicyclic amines) is 1. The molecule has 3 heteroatoms. The summed E-state index contributed by atoms with van der Waals surface area (Å²) in [6.45, 7) is 5.22. The summed E-state index contributed by atoms with van der Waals surface area (Å²) in [5.41, 5.74) is 0. The number of rotatable bonds is 5. The van der Waals surface area contributed by atoms with E-state index in [1.54, 1.807) is 0 Å². The summed E-state index contributed by atoms with van der Waals surface area (Å²) in [6.07, 6.45) is 3.31. The number of aliphatic hydroxyl groups is 1. The fourth-order valence-corrected chi connectivity index (χ4v) is 1.97. The van der Waals surface area contributed by atoms with Crippen LogP contribution < -0.4 is 5.32 Å². The van der Waals surface area contributed by atoms with Crippen LogP contribution in [0.1, 0.15) is 26.2 Å². The Morgan fingerprint density at radius 1 is 1.62 bits per heavy atom. The zero-order chi connectivity index (χ0) is 9.68. The van der Waals surface area contributed by atoms with E-state index in [-0.39, 0.29) is 6.10 Å². The molecule has 0 aromatic rings. The zero-order valence-electron chi connectivity index (χ0n) is 8.79. The standard InChI is InChI=1S/C10H22N2O/c1-3-4-9(11-2)7-12-6-5-10(13)8-12/h9-11,13H,3-8H2,1-2H3/t9-,10-/m0/s1. The van der Waals surface area contributed by atoms with Gasteiger partial charge < -0.3 is 10.4 Å². The molecule has 1 aliphatic rings. The Balaban J connectivity index is 2.21. The third kappa shape index (κ3) is 3.63. The zero-order valence-corrected chi connectivity index (χ0v) is 8.79. The van der Waals surface area contributed by atoms with E-state index in [2.05, 4.69) is 17.1 Å². The van der Waals surface area contributed by atoms with Gasteiger partial charge >= 0.3 is 0 Å². The molecule has 0 radical (unpaired) electrons. The number of likely N-dealkylation sites (N-methyl/N-ethyl adjacent to an activating group) is 1. The highest BCUT2D eigenvalue weighted by Gasteiger charge is 2.21. The Bertz CT molecular complexity index is 139. The second-order valence-electron chi connectivity index (χ2n) is 3.98. The van der Waals surface area contributed by atoms with Crippen LogP contribution >= 0.6 is 0 Å². The van der Waals surface area contributed by atoms with E-state index in [4.69, 9.17) is 0 Å². The van der Waals surface area contributed by atoms with E-state index in [0.717, 1.165) is 26.1 Å². The molecule has 1 fully saturated rings. The summed E-state index contributed by atoms with van der Waals surface area (Å²) in [4.78, 5) is 2.35. The summed E-state index contributed by atoms with van der Waals surface area (Å²) < 4.78 is 0. The average molecular weight is 186 g/mol. The van der Waals surface area contributed by atoms with E-state index >= 15 is 0 Å². The Kier molecular flexibility index (Phi) is 4.70. The summed E-state index contributed by atoms with van der Waals surface area (Å²) in [5.74, 6) is 0. The average Bonchev–Trinajstić information content (AvgIpc) is 2.50. The summed E-state index contributed by atoms with van der Waals surface area (Å²) >= 11 is 0. The molecule has 2 N–H and O–H groups in total. The lowest BCUT2D eigenvalue weighted by molar-refractivity contribution is 0.172. The van der Waals surface area contributed by atoms with Gasteiger partial charge in [0.2, 0.25) is 0 Å². The van der Waals surface area contributed by atoms with Crippen LogP contribution in [0.25, 0.3) is 0 Å². The fourth-order valence-electron chi connectivity index (χ4n) is 1.97. The van der Waals surface area contributed by atoms with Crippen LogP contribution in [0.2, 0.25) is 0 Å². The smallest absolute Gasteiger partial charge is 0.0679 e. The summed E-state index contributed by atoms with van der Waals surface area (Å²) in [5, 5.41) is 12.7. The molecule has 0 saturated carbocycles. The van der Waals surface area contributed by atoms with Crippen LogP contribution in [0.3, 0.4) is 0 Å². The molecule has 0 unspecified atom stereocenters. The largest absolute Gasteiger partial charge is 0.392 e. The van der Waals surface area contributed by atoms with Crippen molar-refractivity contribution < 1.29 is 5.11 Å². The Labute approximate surface area is 81.1 Å². The number of hydrogen-bond acceptors (Lipinski definition) is 3. The van der Waals surface area contributed by atoms with E-state index < -0.39 is 0 Å². The number of β-amino-alcohol motifs (C(OH)–C–C–N with tert-alkyl or cyclic N) is 1. The number of nitrogens with one attached hydrogen (secondary N) is 1. The van der Waals surface area contributed by atoms with Crippen LogP contribution in [0.4, 0.5) is 0 Å². The molecule has 1 rings (SSSR count). The fraction of sp³-hybridized carbons (Fsp3) is 1.00. The monoisotopic (exact) mass is 186 g/mol. The Hall–Kier alpha value is -0.120. The lowest BCUT2D eigenvalue weighted by atomic mass is 10.1. The summed E-state index contributed by atoms with van der Waals surface area (Å²) in [6, 6.07) is 0.593.